The van der Waals surface area contributed by atoms with E-state index in [-0.39, 0.29) is 35.0 Å². The van der Waals surface area contributed by atoms with Crippen LogP contribution in [0, 0.1) is 16.2 Å². The van der Waals surface area contributed by atoms with Crippen LogP contribution in [0.15, 0.2) is 182 Å². The highest BCUT2D eigenvalue weighted by Crippen LogP contribution is 2.33. The van der Waals surface area contributed by atoms with Crippen LogP contribution in [0.2, 0.25) is 0 Å². The molecule has 7 rings (SSSR count). The molecule has 0 aliphatic heterocycles. The van der Waals surface area contributed by atoms with Gasteiger partial charge in [-0.2, -0.15) is 8.78 Å². The molecule has 4 N–H and O–H groups in total. The van der Waals surface area contributed by atoms with Crippen molar-refractivity contribution in [1.82, 2.24) is 4.98 Å². The van der Waals surface area contributed by atoms with E-state index in [0.29, 0.717) is 48.3 Å². The molecule has 16 nitrogen and oxygen atoms in total. The van der Waals surface area contributed by atoms with Crippen LogP contribution in [0.1, 0.15) is 140 Å². The lowest BCUT2D eigenvalue weighted by atomic mass is 9.90. The maximum Gasteiger partial charge on any atom is 0.417 e. The Labute approximate surface area is 513 Å². The molecule has 2 atom stereocenters. The number of aromatic nitrogens is 1. The average molecular weight is 1240 g/mol. The molecule has 1 heterocycles. The van der Waals surface area contributed by atoms with Crippen molar-refractivity contribution in [3.8, 4) is 17.2 Å². The largest absolute Gasteiger partial charge is 0.743 e. The van der Waals surface area contributed by atoms with Gasteiger partial charge in [0.2, 0.25) is 0 Å². The van der Waals surface area contributed by atoms with E-state index in [1.54, 1.807) is 31.2 Å². The van der Waals surface area contributed by atoms with Gasteiger partial charge < -0.3 is 38.7 Å². The summed E-state index contributed by atoms with van der Waals surface area (Å²) in [6, 6.07) is 51.6. The zero-order valence-electron chi connectivity index (χ0n) is 51.7. The first-order valence-electron chi connectivity index (χ1n) is 28.7. The van der Waals surface area contributed by atoms with Gasteiger partial charge in [-0.3, -0.25) is 24.2 Å². The predicted octanol–water partition coefficient (Wildman–Crippen LogP) is 15.3. The number of aliphatic carboxylic acids is 1. The molecule has 0 aliphatic carbocycles. The highest BCUT2D eigenvalue weighted by atomic mass is 32.2. The van der Waals surface area contributed by atoms with Crippen molar-refractivity contribution in [2.45, 2.75) is 160 Å². The van der Waals surface area contributed by atoms with Crippen molar-refractivity contribution in [2.75, 3.05) is 11.9 Å². The lowest BCUT2D eigenvalue weighted by Crippen LogP contribution is -2.44. The zero-order valence-corrected chi connectivity index (χ0v) is 53.3. The number of aromatic amines is 1. The van der Waals surface area contributed by atoms with Crippen LogP contribution in [0.3, 0.4) is 0 Å². The Morgan fingerprint density at radius 1 is 0.644 bits per heavy atom. The molecule has 0 spiro atoms. The summed E-state index contributed by atoms with van der Waals surface area (Å²) in [5.74, 6) is -1.18. The molecule has 6 aromatic carbocycles. The lowest BCUT2D eigenvalue weighted by molar-refractivity contribution is -0.170. The Morgan fingerprint density at radius 2 is 1.08 bits per heavy atom. The fourth-order valence-corrected chi connectivity index (χ4v) is 9.45. The number of hydrogen-bond donors (Lipinski definition) is 4. The first kappa shape index (κ1) is 73.4. The molecule has 1 aromatic heterocycles. The normalized spacial score (nSPS) is 12.2. The van der Waals surface area contributed by atoms with Crippen molar-refractivity contribution in [3.05, 3.63) is 174 Å². The second-order valence-electron chi connectivity index (χ2n) is 22.2. The van der Waals surface area contributed by atoms with Gasteiger partial charge in [0.05, 0.1) is 32.7 Å². The average Bonchev–Trinajstić information content (AvgIpc) is 4.12. The standard InChI is InChI=1S/C18H15S.C15H23NO2.C13H15NO4.C12H16O3.C9H16F2O5S/c1-4-10-16(11-5-1)19(17-12-6-2-7-13-17)18-14-8-3-9-15-18;1-3-12(2)13-7-9-14(10-8-13)16-11-5-4-6-15(17)18;1-4-13(2,3)11(15)17-8-5-6-9-10(7-8)18-12(16)14-9;1-4-12(2,3)11(14)15-10-7-5-9(13)6-8-10;1-5-8(3,4)7(12)16-6(2)9(10,11)17(13,14)15/h1-15H;7-10,12,16H,3-6,11H2,1-2H3,(H,17,18);5-7H,4H2,1-3H3,(H,14,16);5-8,13H,4H2,1-3H3;6H,5H2,1-4H3,(H,13,14,15)/q+1;;;;/p-1. The number of halogens is 2. The smallest absolute Gasteiger partial charge is 0.417 e. The fraction of sp³-hybridized carbons (Fsp3) is 0.388. The quantitative estimate of drug-likeness (QED) is 0.0162. The number of oxazole rings is 1. The molecule has 0 aliphatic rings. The summed E-state index contributed by atoms with van der Waals surface area (Å²) < 4.78 is 76.6. The molecule has 87 heavy (non-hydrogen) atoms. The van der Waals surface area contributed by atoms with E-state index in [0.717, 1.165) is 37.9 Å². The number of carbonyl (C=O) groups excluding carboxylic acids is 3. The highest BCUT2D eigenvalue weighted by Gasteiger charge is 2.47. The Balaban J connectivity index is 0.000000285. The van der Waals surface area contributed by atoms with Crippen LogP contribution in [0.4, 0.5) is 14.5 Å². The van der Waals surface area contributed by atoms with Gasteiger partial charge in [-0.15, -0.1) is 0 Å². The topological polar surface area (TPSA) is 252 Å². The van der Waals surface area contributed by atoms with Gasteiger partial charge in [-0.25, -0.2) is 13.2 Å². The summed E-state index contributed by atoms with van der Waals surface area (Å²) in [4.78, 5) is 62.9. The van der Waals surface area contributed by atoms with E-state index in [1.807, 2.05) is 41.5 Å². The van der Waals surface area contributed by atoms with Crippen molar-refractivity contribution < 1.29 is 69.8 Å². The third kappa shape index (κ3) is 24.1. The molecule has 0 amide bonds. The summed E-state index contributed by atoms with van der Waals surface area (Å²) in [6.07, 6.45) is 2.46. The van der Waals surface area contributed by atoms with Gasteiger partial charge in [-0.1, -0.05) is 101 Å². The van der Waals surface area contributed by atoms with E-state index in [2.05, 4.69) is 144 Å². The molecule has 0 saturated carbocycles. The molecular weight excluding hydrogens is 1160 g/mol. The lowest BCUT2D eigenvalue weighted by Gasteiger charge is -2.29. The first-order valence-corrected chi connectivity index (χ1v) is 31.3. The molecule has 2 unspecified atom stereocenters. The van der Waals surface area contributed by atoms with Crippen molar-refractivity contribution in [1.29, 1.82) is 0 Å². The Hall–Kier alpha value is -7.81. The van der Waals surface area contributed by atoms with Gasteiger partial charge >= 0.3 is 34.9 Å². The van der Waals surface area contributed by atoms with Gasteiger partial charge in [0.15, 0.2) is 36.5 Å². The number of phenolic OH excluding ortho intramolecular Hbond substituents is 1. The number of H-pyrrole nitrogens is 1. The van der Waals surface area contributed by atoms with Gasteiger partial charge in [0.1, 0.15) is 17.2 Å². The van der Waals surface area contributed by atoms with E-state index < -0.39 is 55.4 Å². The maximum absolute atomic E-state index is 13.0. The minimum atomic E-state index is -5.86. The van der Waals surface area contributed by atoms with Crippen molar-refractivity contribution >= 4 is 61.7 Å². The SMILES string of the molecule is CCC(C)(C)C(=O)OC(C)C(F)(F)S(=O)(=O)[O-].CCC(C)(C)C(=O)Oc1ccc(O)cc1.CCC(C)(C)C(=O)Oc1ccc2[nH]c(=O)oc2c1.CCC(C)c1ccc(NCCCCC(=O)O)cc1.c1ccc([S+](c2ccccc2)c2ccccc2)cc1. The summed E-state index contributed by atoms with van der Waals surface area (Å²) in [7, 11) is -5.87. The van der Waals surface area contributed by atoms with Gasteiger partial charge in [-0.05, 0) is 183 Å². The zero-order chi connectivity index (χ0) is 65.2. The number of anilines is 1. The number of ether oxygens (including phenoxy) is 3. The molecule has 472 valence electrons. The van der Waals surface area contributed by atoms with E-state index in [4.69, 9.17) is 24.1 Å². The summed E-state index contributed by atoms with van der Waals surface area (Å²) in [6.45, 7) is 21.7. The Bertz CT molecular complexity index is 3300. The third-order valence-electron chi connectivity index (χ3n) is 14.2. The van der Waals surface area contributed by atoms with E-state index in [9.17, 15) is 45.7 Å². The predicted molar refractivity (Wildman–Crippen MR) is 335 cm³/mol. The number of rotatable bonds is 22. The maximum atomic E-state index is 13.0. The minimum Gasteiger partial charge on any atom is -0.743 e. The number of nitrogens with one attached hydrogen (secondary N) is 2. The van der Waals surface area contributed by atoms with Crippen LogP contribution < -0.4 is 20.5 Å². The number of phenols is 1. The third-order valence-corrected chi connectivity index (χ3v) is 17.5. The number of unbranched alkanes of at least 4 members (excludes halogenated alkanes) is 1. The minimum absolute atomic E-state index is 0.0146. The number of esters is 3. The highest BCUT2D eigenvalue weighted by molar-refractivity contribution is 7.97. The summed E-state index contributed by atoms with van der Waals surface area (Å²) in [5.41, 5.74) is 1.41. The molecule has 7 aromatic rings. The summed E-state index contributed by atoms with van der Waals surface area (Å²) >= 11 is 0. The number of aromatic hydroxyl groups is 1. The van der Waals surface area contributed by atoms with Crippen LogP contribution in [-0.4, -0.2) is 69.9 Å². The second-order valence-corrected chi connectivity index (χ2v) is 25.7. The fourth-order valence-electron chi connectivity index (χ4n) is 6.90. The molecule has 0 fully saturated rings. The second kappa shape index (κ2) is 34.5. The molecule has 0 radical (unpaired) electrons. The number of carbonyl (C=O) groups is 4. The number of alkyl halides is 2. The number of carboxylic acids is 1. The van der Waals surface area contributed by atoms with Crippen LogP contribution in [0.25, 0.3) is 11.1 Å². The van der Waals surface area contributed by atoms with Crippen LogP contribution >= 0.6 is 0 Å². The molecular formula is C67H84F2N2O14S2. The number of fused-ring (bicyclic) bond motifs is 1. The van der Waals surface area contributed by atoms with Crippen molar-refractivity contribution in [2.24, 2.45) is 16.2 Å². The van der Waals surface area contributed by atoms with E-state index in [1.165, 1.54) is 52.3 Å². The molecule has 20 heteroatoms. The van der Waals surface area contributed by atoms with Gasteiger partial charge in [0.25, 0.3) is 0 Å². The Kier molecular flexibility index (Phi) is 29.1. The molecule has 0 bridgehead atoms. The Morgan fingerprint density at radius 3 is 1.51 bits per heavy atom. The first-order chi connectivity index (χ1) is 40.8. The summed E-state index contributed by atoms with van der Waals surface area (Å²) in [5, 5.41) is 16.2. The van der Waals surface area contributed by atoms with E-state index >= 15 is 0 Å². The monoisotopic (exact) mass is 1240 g/mol. The molecule has 0 saturated heterocycles. The number of carboxylic acid groups (broad SMARTS) is 1. The van der Waals surface area contributed by atoms with Crippen LogP contribution in [0.5, 0.6) is 17.2 Å². The number of hydrogen-bond acceptors (Lipinski definition) is 14. The van der Waals surface area contributed by atoms with Crippen LogP contribution in [-0.2, 0) is 44.9 Å². The number of benzene rings is 6. The van der Waals surface area contributed by atoms with Crippen molar-refractivity contribution in [3.63, 3.8) is 0 Å². The van der Waals surface area contributed by atoms with Gasteiger partial charge in [0, 0.05) is 24.7 Å².